The average molecular weight is 380 g/mol. The van der Waals surface area contributed by atoms with Crippen molar-refractivity contribution in [3.63, 3.8) is 0 Å². The number of hydrogen-bond donors (Lipinski definition) is 1. The number of carbonyl (C=O) groups is 2. The van der Waals surface area contributed by atoms with E-state index in [-0.39, 0.29) is 17.6 Å². The van der Waals surface area contributed by atoms with Gasteiger partial charge in [-0.25, -0.2) is 0 Å². The van der Waals surface area contributed by atoms with Crippen LogP contribution in [0, 0.1) is 0 Å². The Bertz CT molecular complexity index is 837. The zero-order valence-corrected chi connectivity index (χ0v) is 14.5. The molecule has 0 radical (unpaired) electrons. The second-order valence-corrected chi connectivity index (χ2v) is 6.85. The van der Waals surface area contributed by atoms with Gasteiger partial charge >= 0.3 is 6.18 Å². The molecule has 8 heteroatoms. The molecule has 1 saturated heterocycles. The summed E-state index contributed by atoms with van der Waals surface area (Å²) in [6.07, 6.45) is -4.44. The van der Waals surface area contributed by atoms with Gasteiger partial charge < -0.3 is 5.32 Å². The number of rotatable bonds is 3. The van der Waals surface area contributed by atoms with Gasteiger partial charge in [0.1, 0.15) is 5.37 Å². The molecule has 26 heavy (non-hydrogen) atoms. The highest BCUT2D eigenvalue weighted by Gasteiger charge is 2.36. The Morgan fingerprint density at radius 3 is 2.50 bits per heavy atom. The summed E-state index contributed by atoms with van der Waals surface area (Å²) < 4.78 is 38.9. The standard InChI is InChI=1S/C18H15F3N2O2S/c1-11(24)22-14-5-7-15(8-6-14)23-16(25)10-26-17(23)12-3-2-4-13(9-12)18(19,20)21/h2-9,17H,10H2,1H3,(H,22,24). The topological polar surface area (TPSA) is 49.4 Å². The van der Waals surface area contributed by atoms with Gasteiger partial charge in [0.2, 0.25) is 11.8 Å². The van der Waals surface area contributed by atoms with Gasteiger partial charge in [-0.15, -0.1) is 11.8 Å². The van der Waals surface area contributed by atoms with Crippen LogP contribution in [0.3, 0.4) is 0 Å². The first-order valence-corrected chi connectivity index (χ1v) is 8.79. The summed E-state index contributed by atoms with van der Waals surface area (Å²) in [5, 5.41) is 2.10. The van der Waals surface area contributed by atoms with Crippen LogP contribution in [0.15, 0.2) is 48.5 Å². The first-order chi connectivity index (χ1) is 12.3. The van der Waals surface area contributed by atoms with Crippen LogP contribution in [0.25, 0.3) is 0 Å². The van der Waals surface area contributed by atoms with Gasteiger partial charge in [-0.2, -0.15) is 13.2 Å². The van der Waals surface area contributed by atoms with E-state index >= 15 is 0 Å². The van der Waals surface area contributed by atoms with Gasteiger partial charge in [0.25, 0.3) is 0 Å². The molecule has 4 nitrogen and oxygen atoms in total. The number of carbonyl (C=O) groups excluding carboxylic acids is 2. The SMILES string of the molecule is CC(=O)Nc1ccc(N2C(=O)CSC2c2cccc(C(F)(F)F)c2)cc1. The molecule has 3 rings (SSSR count). The van der Waals surface area contributed by atoms with Gasteiger partial charge in [-0.1, -0.05) is 12.1 Å². The number of amides is 2. The maximum Gasteiger partial charge on any atom is 0.416 e. The molecule has 0 bridgehead atoms. The minimum absolute atomic E-state index is 0.176. The van der Waals surface area contributed by atoms with E-state index < -0.39 is 17.1 Å². The first kappa shape index (κ1) is 18.3. The van der Waals surface area contributed by atoms with Crippen LogP contribution >= 0.6 is 11.8 Å². The smallest absolute Gasteiger partial charge is 0.326 e. The number of nitrogens with zero attached hydrogens (tertiary/aromatic N) is 1. The predicted octanol–water partition coefficient (Wildman–Crippen LogP) is 4.44. The molecule has 136 valence electrons. The number of anilines is 2. The van der Waals surface area contributed by atoms with Crippen molar-refractivity contribution in [1.82, 2.24) is 0 Å². The van der Waals surface area contributed by atoms with E-state index in [1.807, 2.05) is 0 Å². The van der Waals surface area contributed by atoms with E-state index in [1.165, 1.54) is 29.7 Å². The van der Waals surface area contributed by atoms with Gasteiger partial charge in [0.05, 0.1) is 11.3 Å². The third kappa shape index (κ3) is 3.85. The lowest BCUT2D eigenvalue weighted by atomic mass is 10.1. The number of hydrogen-bond acceptors (Lipinski definition) is 3. The summed E-state index contributed by atoms with van der Waals surface area (Å²) in [7, 11) is 0. The van der Waals surface area contributed by atoms with E-state index in [9.17, 15) is 22.8 Å². The van der Waals surface area contributed by atoms with Gasteiger partial charge in [-0.05, 0) is 42.0 Å². The maximum atomic E-state index is 13.0. The molecule has 1 aliphatic heterocycles. The Kier molecular flexibility index (Phi) is 4.95. The van der Waals surface area contributed by atoms with Crippen LogP contribution in [-0.2, 0) is 15.8 Å². The third-order valence-corrected chi connectivity index (χ3v) is 5.05. The van der Waals surface area contributed by atoms with Gasteiger partial charge in [0.15, 0.2) is 0 Å². The first-order valence-electron chi connectivity index (χ1n) is 7.74. The molecule has 1 aliphatic rings. The Hall–Kier alpha value is -2.48. The highest BCUT2D eigenvalue weighted by molar-refractivity contribution is 8.00. The van der Waals surface area contributed by atoms with Crippen LogP contribution in [0.4, 0.5) is 24.5 Å². The molecule has 1 heterocycles. The molecular weight excluding hydrogens is 365 g/mol. The lowest BCUT2D eigenvalue weighted by molar-refractivity contribution is -0.137. The number of nitrogens with one attached hydrogen (secondary N) is 1. The average Bonchev–Trinajstić information content (AvgIpc) is 2.96. The lowest BCUT2D eigenvalue weighted by Crippen LogP contribution is -2.28. The van der Waals surface area contributed by atoms with E-state index in [4.69, 9.17) is 0 Å². The van der Waals surface area contributed by atoms with E-state index in [0.29, 0.717) is 16.9 Å². The van der Waals surface area contributed by atoms with Crippen molar-refractivity contribution in [2.75, 3.05) is 16.0 Å². The van der Waals surface area contributed by atoms with Crippen LogP contribution in [-0.4, -0.2) is 17.6 Å². The van der Waals surface area contributed by atoms with Crippen LogP contribution in [0.1, 0.15) is 23.4 Å². The molecular formula is C18H15F3N2O2S. The molecule has 1 atom stereocenters. The number of benzene rings is 2. The quantitative estimate of drug-likeness (QED) is 0.856. The molecule has 1 fully saturated rings. The van der Waals surface area contributed by atoms with Crippen molar-refractivity contribution in [1.29, 1.82) is 0 Å². The molecule has 1 unspecified atom stereocenters. The number of alkyl halides is 3. The second kappa shape index (κ2) is 7.03. The number of thioether (sulfide) groups is 1. The van der Waals surface area contributed by atoms with Crippen molar-refractivity contribution in [2.45, 2.75) is 18.5 Å². The minimum atomic E-state index is -4.44. The molecule has 2 aromatic rings. The summed E-state index contributed by atoms with van der Waals surface area (Å²) in [6.45, 7) is 1.39. The fourth-order valence-corrected chi connectivity index (χ4v) is 3.89. The zero-order chi connectivity index (χ0) is 18.9. The molecule has 0 aromatic heterocycles. The summed E-state index contributed by atoms with van der Waals surface area (Å²) >= 11 is 1.28. The van der Waals surface area contributed by atoms with E-state index in [2.05, 4.69) is 5.32 Å². The van der Waals surface area contributed by atoms with Crippen molar-refractivity contribution in [3.05, 3.63) is 59.7 Å². The Morgan fingerprint density at radius 1 is 1.19 bits per heavy atom. The van der Waals surface area contributed by atoms with Crippen molar-refractivity contribution >= 4 is 35.0 Å². The molecule has 2 aromatic carbocycles. The fraction of sp³-hybridized carbons (Fsp3) is 0.222. The third-order valence-electron chi connectivity index (χ3n) is 3.83. The van der Waals surface area contributed by atoms with Crippen LogP contribution in [0.5, 0.6) is 0 Å². The molecule has 2 amide bonds. The van der Waals surface area contributed by atoms with Gasteiger partial charge in [0, 0.05) is 18.3 Å². The van der Waals surface area contributed by atoms with Crippen LogP contribution in [0.2, 0.25) is 0 Å². The lowest BCUT2D eigenvalue weighted by Gasteiger charge is -2.25. The Labute approximate surface area is 152 Å². The van der Waals surface area contributed by atoms with E-state index in [1.54, 1.807) is 30.3 Å². The molecule has 0 spiro atoms. The summed E-state index contributed by atoms with van der Waals surface area (Å²) in [4.78, 5) is 24.9. The highest BCUT2D eigenvalue weighted by atomic mass is 32.2. The largest absolute Gasteiger partial charge is 0.416 e. The predicted molar refractivity (Wildman–Crippen MR) is 94.9 cm³/mol. The monoisotopic (exact) mass is 380 g/mol. The van der Waals surface area contributed by atoms with Crippen molar-refractivity contribution < 1.29 is 22.8 Å². The van der Waals surface area contributed by atoms with E-state index in [0.717, 1.165) is 12.1 Å². The number of halogens is 3. The van der Waals surface area contributed by atoms with Crippen molar-refractivity contribution in [3.8, 4) is 0 Å². The minimum Gasteiger partial charge on any atom is -0.326 e. The molecule has 1 N–H and O–H groups in total. The molecule has 0 aliphatic carbocycles. The van der Waals surface area contributed by atoms with Gasteiger partial charge in [-0.3, -0.25) is 14.5 Å². The zero-order valence-electron chi connectivity index (χ0n) is 13.7. The second-order valence-electron chi connectivity index (χ2n) is 5.78. The van der Waals surface area contributed by atoms with Crippen molar-refractivity contribution in [2.24, 2.45) is 0 Å². The summed E-state index contributed by atoms with van der Waals surface area (Å²) in [6, 6.07) is 11.6. The maximum absolute atomic E-state index is 13.0. The summed E-state index contributed by atoms with van der Waals surface area (Å²) in [5.41, 5.74) is 0.824. The van der Waals surface area contributed by atoms with Crippen LogP contribution < -0.4 is 10.2 Å². The normalized spacial score (nSPS) is 17.5. The highest BCUT2D eigenvalue weighted by Crippen LogP contribution is 2.43. The Balaban J connectivity index is 1.91. The fourth-order valence-electron chi connectivity index (χ4n) is 2.73. The summed E-state index contributed by atoms with van der Waals surface area (Å²) in [5.74, 6) is -0.203. The molecule has 0 saturated carbocycles. The Morgan fingerprint density at radius 2 is 1.88 bits per heavy atom.